The molecule has 5 heteroatoms. The van der Waals surface area contributed by atoms with Crippen molar-refractivity contribution in [1.29, 1.82) is 0 Å². The van der Waals surface area contributed by atoms with E-state index in [2.05, 4.69) is 5.32 Å². The summed E-state index contributed by atoms with van der Waals surface area (Å²) >= 11 is 0. The number of hydrogen-bond acceptors (Lipinski definition) is 3. The van der Waals surface area contributed by atoms with Crippen LogP contribution < -0.4 is 5.32 Å². The Bertz CT molecular complexity index is 421. The molecular weight excluding hydrogens is 240 g/mol. The van der Waals surface area contributed by atoms with Gasteiger partial charge in [-0.2, -0.15) is 0 Å². The van der Waals surface area contributed by atoms with Crippen LogP contribution in [-0.4, -0.2) is 29.9 Å². The van der Waals surface area contributed by atoms with Gasteiger partial charge in [-0.05, 0) is 18.9 Å². The third kappa shape index (κ3) is 3.04. The van der Waals surface area contributed by atoms with Gasteiger partial charge in [0.1, 0.15) is 11.6 Å². The molecule has 0 amide bonds. The minimum atomic E-state index is -1.01. The van der Waals surface area contributed by atoms with Crippen LogP contribution in [0.3, 0.4) is 0 Å². The van der Waals surface area contributed by atoms with Gasteiger partial charge in [0.05, 0.1) is 6.10 Å². The lowest BCUT2D eigenvalue weighted by molar-refractivity contribution is 0.158. The Hall–Kier alpha value is -1.04. The van der Waals surface area contributed by atoms with Gasteiger partial charge in [0, 0.05) is 36.7 Å². The topological polar surface area (TPSA) is 52.5 Å². The summed E-state index contributed by atoms with van der Waals surface area (Å²) in [6.07, 6.45) is 0.926. The van der Waals surface area contributed by atoms with E-state index in [1.54, 1.807) is 0 Å². The van der Waals surface area contributed by atoms with E-state index in [1.807, 2.05) is 0 Å². The van der Waals surface area contributed by atoms with E-state index < -0.39 is 17.7 Å². The minimum Gasteiger partial charge on any atom is -0.396 e. The Morgan fingerprint density at radius 1 is 1.33 bits per heavy atom. The average Bonchev–Trinajstić information content (AvgIpc) is 3.09. The highest BCUT2D eigenvalue weighted by atomic mass is 19.1. The second-order valence-corrected chi connectivity index (χ2v) is 4.97. The fourth-order valence-electron chi connectivity index (χ4n) is 1.92. The predicted molar refractivity (Wildman–Crippen MR) is 62.9 cm³/mol. The van der Waals surface area contributed by atoms with Gasteiger partial charge >= 0.3 is 0 Å². The maximum Gasteiger partial charge on any atom is 0.131 e. The van der Waals surface area contributed by atoms with Crippen molar-refractivity contribution in [3.63, 3.8) is 0 Å². The number of rotatable bonds is 6. The van der Waals surface area contributed by atoms with E-state index in [4.69, 9.17) is 5.11 Å². The summed E-state index contributed by atoms with van der Waals surface area (Å²) in [7, 11) is 0. The maximum absolute atomic E-state index is 13.4. The molecule has 1 saturated carbocycles. The van der Waals surface area contributed by atoms with E-state index in [-0.39, 0.29) is 24.1 Å². The molecule has 1 aliphatic rings. The number of aliphatic hydroxyl groups excluding tert-OH is 2. The summed E-state index contributed by atoms with van der Waals surface area (Å²) in [5, 5.41) is 21.9. The van der Waals surface area contributed by atoms with Gasteiger partial charge in [0.25, 0.3) is 0 Å². The third-order valence-corrected chi connectivity index (χ3v) is 3.45. The first-order valence-electron chi connectivity index (χ1n) is 6.01. The summed E-state index contributed by atoms with van der Waals surface area (Å²) < 4.78 is 26.1. The Morgan fingerprint density at radius 3 is 2.61 bits per heavy atom. The highest BCUT2D eigenvalue weighted by molar-refractivity contribution is 5.21. The summed E-state index contributed by atoms with van der Waals surface area (Å²) in [4.78, 5) is 0. The Kier molecular flexibility index (Phi) is 3.94. The van der Waals surface area contributed by atoms with Crippen LogP contribution >= 0.6 is 0 Å². The molecule has 18 heavy (non-hydrogen) atoms. The molecule has 1 atom stereocenters. The molecule has 0 spiro atoms. The molecule has 0 heterocycles. The first-order valence-corrected chi connectivity index (χ1v) is 6.01. The largest absolute Gasteiger partial charge is 0.396 e. The van der Waals surface area contributed by atoms with E-state index >= 15 is 0 Å². The zero-order chi connectivity index (χ0) is 13.2. The number of halogens is 2. The Morgan fingerprint density at radius 2 is 2.06 bits per heavy atom. The third-order valence-electron chi connectivity index (χ3n) is 3.45. The van der Waals surface area contributed by atoms with Gasteiger partial charge in [0.2, 0.25) is 0 Å². The number of benzene rings is 1. The average molecular weight is 257 g/mol. The summed E-state index contributed by atoms with van der Waals surface area (Å²) in [5.41, 5.74) is 0.0267. The fraction of sp³-hybridized carbons (Fsp3) is 0.538. The molecule has 2 rings (SSSR count). The molecule has 0 bridgehead atoms. The van der Waals surface area contributed by atoms with E-state index in [1.165, 1.54) is 6.07 Å². The lowest BCUT2D eigenvalue weighted by Crippen LogP contribution is -2.30. The standard InChI is InChI=1S/C13H17F2NO2/c14-9-1-2-10(11(15)5-9)12(18)6-16-7-13(8-17)3-4-13/h1-2,5,12,16-18H,3-4,6-8H2. The van der Waals surface area contributed by atoms with Gasteiger partial charge in [0.15, 0.2) is 0 Å². The monoisotopic (exact) mass is 257 g/mol. The van der Waals surface area contributed by atoms with E-state index in [9.17, 15) is 13.9 Å². The molecule has 0 radical (unpaired) electrons. The molecule has 0 aromatic heterocycles. The maximum atomic E-state index is 13.4. The molecule has 1 aromatic carbocycles. The minimum absolute atomic E-state index is 0.0545. The first kappa shape index (κ1) is 13.4. The normalized spacial score (nSPS) is 18.7. The molecule has 3 nitrogen and oxygen atoms in total. The van der Waals surface area contributed by atoms with Crippen molar-refractivity contribution >= 4 is 0 Å². The van der Waals surface area contributed by atoms with Crippen LogP contribution in [0.2, 0.25) is 0 Å². The molecular formula is C13H17F2NO2. The lowest BCUT2D eigenvalue weighted by atomic mass is 10.1. The second-order valence-electron chi connectivity index (χ2n) is 4.97. The van der Waals surface area contributed by atoms with Crippen molar-refractivity contribution < 1.29 is 19.0 Å². The summed E-state index contributed by atoms with van der Waals surface area (Å²) in [6, 6.07) is 3.13. The molecule has 3 N–H and O–H groups in total. The molecule has 1 fully saturated rings. The Labute approximate surface area is 104 Å². The van der Waals surface area contributed by atoms with Crippen LogP contribution in [0, 0.1) is 17.0 Å². The molecule has 1 aliphatic carbocycles. The van der Waals surface area contributed by atoms with Gasteiger partial charge in [-0.1, -0.05) is 6.07 Å². The van der Waals surface area contributed by atoms with Crippen molar-refractivity contribution in [3.8, 4) is 0 Å². The summed E-state index contributed by atoms with van der Waals surface area (Å²) in [6.45, 7) is 0.911. The molecule has 1 aromatic rings. The summed E-state index contributed by atoms with van der Waals surface area (Å²) in [5.74, 6) is -1.40. The first-order chi connectivity index (χ1) is 8.56. The van der Waals surface area contributed by atoms with Crippen molar-refractivity contribution in [2.24, 2.45) is 5.41 Å². The van der Waals surface area contributed by atoms with Gasteiger partial charge in [-0.25, -0.2) is 8.78 Å². The highest BCUT2D eigenvalue weighted by Gasteiger charge is 2.41. The van der Waals surface area contributed by atoms with Crippen molar-refractivity contribution in [1.82, 2.24) is 5.32 Å². The van der Waals surface area contributed by atoms with Crippen molar-refractivity contribution in [2.75, 3.05) is 19.7 Å². The zero-order valence-electron chi connectivity index (χ0n) is 10.00. The quantitative estimate of drug-likeness (QED) is 0.721. The van der Waals surface area contributed by atoms with Gasteiger partial charge < -0.3 is 15.5 Å². The molecule has 0 aliphatic heterocycles. The van der Waals surface area contributed by atoms with Crippen LogP contribution in [0.25, 0.3) is 0 Å². The van der Waals surface area contributed by atoms with Crippen LogP contribution in [0.5, 0.6) is 0 Å². The highest BCUT2D eigenvalue weighted by Crippen LogP contribution is 2.44. The van der Waals surface area contributed by atoms with Crippen LogP contribution in [0.4, 0.5) is 8.78 Å². The smallest absolute Gasteiger partial charge is 0.131 e. The zero-order valence-corrected chi connectivity index (χ0v) is 10.00. The van der Waals surface area contributed by atoms with Crippen LogP contribution in [0.1, 0.15) is 24.5 Å². The van der Waals surface area contributed by atoms with Crippen LogP contribution in [-0.2, 0) is 0 Å². The Balaban J connectivity index is 1.85. The number of aliphatic hydroxyl groups is 2. The molecule has 100 valence electrons. The van der Waals surface area contributed by atoms with Crippen molar-refractivity contribution in [3.05, 3.63) is 35.4 Å². The number of hydrogen-bond donors (Lipinski definition) is 3. The lowest BCUT2D eigenvalue weighted by Gasteiger charge is -2.16. The van der Waals surface area contributed by atoms with Gasteiger partial charge in [-0.3, -0.25) is 0 Å². The van der Waals surface area contributed by atoms with Gasteiger partial charge in [-0.15, -0.1) is 0 Å². The predicted octanol–water partition coefficient (Wildman–Crippen LogP) is 1.36. The molecule has 0 saturated heterocycles. The van der Waals surface area contributed by atoms with E-state index in [0.717, 1.165) is 25.0 Å². The SMILES string of the molecule is OCC1(CNCC(O)c2ccc(F)cc2F)CC1. The second kappa shape index (κ2) is 5.30. The molecule has 1 unspecified atom stereocenters. The fourth-order valence-corrected chi connectivity index (χ4v) is 1.92. The van der Waals surface area contributed by atoms with Crippen molar-refractivity contribution in [2.45, 2.75) is 18.9 Å². The van der Waals surface area contributed by atoms with E-state index in [0.29, 0.717) is 6.54 Å². The van der Waals surface area contributed by atoms with Crippen LogP contribution in [0.15, 0.2) is 18.2 Å². The number of nitrogens with one attached hydrogen (secondary N) is 1.